The first-order valence-corrected chi connectivity index (χ1v) is 10.1. The fourth-order valence-electron chi connectivity index (χ4n) is 4.27. The zero-order chi connectivity index (χ0) is 20.5. The first kappa shape index (κ1) is 18.4. The number of pyridine rings is 1. The van der Waals surface area contributed by atoms with Gasteiger partial charge in [-0.25, -0.2) is 4.98 Å². The molecule has 4 nitrogen and oxygen atoms in total. The zero-order valence-corrected chi connectivity index (χ0v) is 16.8. The molecule has 0 saturated carbocycles. The molecule has 30 heavy (non-hydrogen) atoms. The summed E-state index contributed by atoms with van der Waals surface area (Å²) in [5.41, 5.74) is 4.78. The fraction of sp³-hybridized carbons (Fsp3) is 0.154. The molecule has 0 saturated heterocycles. The quantitative estimate of drug-likeness (QED) is 0.468. The monoisotopic (exact) mass is 394 g/mol. The fourth-order valence-corrected chi connectivity index (χ4v) is 4.27. The standard InChI is InChI=1S/C26H22N2O2/c1-30-24-13-7-10-19-14-15-20(27-25(19)24)16-23-21-11-5-6-12-22(21)26(29)28(23)17-18-8-3-2-4-9-18/h2-15,23H,16-17H2,1H3. The van der Waals surface area contributed by atoms with Crippen LogP contribution in [0.3, 0.4) is 0 Å². The number of ether oxygens (including phenoxy) is 1. The Kier molecular flexibility index (Phi) is 4.68. The lowest BCUT2D eigenvalue weighted by Crippen LogP contribution is -2.29. The molecule has 0 aliphatic carbocycles. The number of carbonyl (C=O) groups excluding carboxylic acids is 1. The van der Waals surface area contributed by atoms with E-state index >= 15 is 0 Å². The molecular weight excluding hydrogens is 372 g/mol. The van der Waals surface area contributed by atoms with Crippen molar-refractivity contribution in [3.05, 3.63) is 107 Å². The molecule has 3 aromatic carbocycles. The summed E-state index contributed by atoms with van der Waals surface area (Å²) in [6.45, 7) is 0.579. The topological polar surface area (TPSA) is 42.4 Å². The molecule has 0 spiro atoms. The van der Waals surface area contributed by atoms with Gasteiger partial charge in [0.2, 0.25) is 0 Å². The van der Waals surface area contributed by atoms with Crippen molar-refractivity contribution in [2.75, 3.05) is 7.11 Å². The molecule has 1 unspecified atom stereocenters. The van der Waals surface area contributed by atoms with E-state index in [-0.39, 0.29) is 11.9 Å². The van der Waals surface area contributed by atoms with Gasteiger partial charge in [-0.3, -0.25) is 4.79 Å². The largest absolute Gasteiger partial charge is 0.494 e. The van der Waals surface area contributed by atoms with Gasteiger partial charge in [-0.05, 0) is 29.3 Å². The lowest BCUT2D eigenvalue weighted by molar-refractivity contribution is 0.0708. The maximum Gasteiger partial charge on any atom is 0.255 e. The van der Waals surface area contributed by atoms with E-state index in [4.69, 9.17) is 9.72 Å². The van der Waals surface area contributed by atoms with Crippen molar-refractivity contribution in [2.45, 2.75) is 19.0 Å². The lowest BCUT2D eigenvalue weighted by Gasteiger charge is -2.25. The third-order valence-electron chi connectivity index (χ3n) is 5.75. The second kappa shape index (κ2) is 7.64. The predicted molar refractivity (Wildman–Crippen MR) is 117 cm³/mol. The van der Waals surface area contributed by atoms with Gasteiger partial charge in [-0.2, -0.15) is 0 Å². The van der Waals surface area contributed by atoms with Crippen molar-refractivity contribution < 1.29 is 9.53 Å². The molecular formula is C26H22N2O2. The molecule has 148 valence electrons. The Morgan fingerprint density at radius 2 is 1.70 bits per heavy atom. The molecule has 0 radical (unpaired) electrons. The van der Waals surface area contributed by atoms with Crippen LogP contribution in [-0.2, 0) is 13.0 Å². The van der Waals surface area contributed by atoms with E-state index < -0.39 is 0 Å². The molecule has 4 aromatic rings. The molecule has 0 fully saturated rings. The summed E-state index contributed by atoms with van der Waals surface area (Å²) in [5.74, 6) is 0.844. The lowest BCUT2D eigenvalue weighted by atomic mass is 10.00. The van der Waals surface area contributed by atoms with Crippen molar-refractivity contribution in [1.29, 1.82) is 0 Å². The highest BCUT2D eigenvalue weighted by molar-refractivity contribution is 5.99. The van der Waals surface area contributed by atoms with Crippen molar-refractivity contribution in [2.24, 2.45) is 0 Å². The maximum absolute atomic E-state index is 13.2. The molecule has 4 heteroatoms. The van der Waals surface area contributed by atoms with Crippen LogP contribution in [0.1, 0.15) is 33.2 Å². The molecule has 1 aromatic heterocycles. The van der Waals surface area contributed by atoms with Crippen LogP contribution in [0.2, 0.25) is 0 Å². The van der Waals surface area contributed by atoms with Crippen molar-refractivity contribution in [3.63, 3.8) is 0 Å². The van der Waals surface area contributed by atoms with E-state index in [1.165, 1.54) is 0 Å². The third kappa shape index (κ3) is 3.20. The highest BCUT2D eigenvalue weighted by Crippen LogP contribution is 2.37. The minimum Gasteiger partial charge on any atom is -0.494 e. The number of nitrogens with zero attached hydrogens (tertiary/aromatic N) is 2. The number of aromatic nitrogens is 1. The van der Waals surface area contributed by atoms with Crippen LogP contribution in [0.25, 0.3) is 10.9 Å². The van der Waals surface area contributed by atoms with Crippen LogP contribution in [-0.4, -0.2) is 22.9 Å². The molecule has 2 heterocycles. The summed E-state index contributed by atoms with van der Waals surface area (Å²) in [7, 11) is 1.66. The number of carbonyl (C=O) groups is 1. The van der Waals surface area contributed by atoms with E-state index in [1.54, 1.807) is 7.11 Å². The molecule has 5 rings (SSSR count). The van der Waals surface area contributed by atoms with Gasteiger partial charge in [0.15, 0.2) is 0 Å². The first-order chi connectivity index (χ1) is 14.7. The Hall–Kier alpha value is -3.66. The van der Waals surface area contributed by atoms with E-state index in [0.717, 1.165) is 39.0 Å². The zero-order valence-electron chi connectivity index (χ0n) is 16.8. The number of para-hydroxylation sites is 1. The van der Waals surface area contributed by atoms with Crippen molar-refractivity contribution in [1.82, 2.24) is 9.88 Å². The SMILES string of the molecule is COc1cccc2ccc(CC3c4ccccc4C(=O)N3Cc3ccccc3)nc12. The van der Waals surface area contributed by atoms with Crippen LogP contribution in [0.15, 0.2) is 84.9 Å². The average molecular weight is 394 g/mol. The Balaban J connectivity index is 1.53. The predicted octanol–water partition coefficient (Wildman–Crippen LogP) is 5.18. The van der Waals surface area contributed by atoms with E-state index in [2.05, 4.69) is 24.3 Å². The van der Waals surface area contributed by atoms with Gasteiger partial charge in [-0.1, -0.05) is 66.7 Å². The molecule has 0 N–H and O–H groups in total. The second-order valence-corrected chi connectivity index (χ2v) is 7.56. The number of methoxy groups -OCH3 is 1. The highest BCUT2D eigenvalue weighted by Gasteiger charge is 2.36. The highest BCUT2D eigenvalue weighted by atomic mass is 16.5. The van der Waals surface area contributed by atoms with Crippen LogP contribution in [0, 0.1) is 0 Å². The van der Waals surface area contributed by atoms with Gasteiger partial charge >= 0.3 is 0 Å². The summed E-state index contributed by atoms with van der Waals surface area (Å²) in [4.78, 5) is 20.1. The van der Waals surface area contributed by atoms with E-state index in [1.807, 2.05) is 65.6 Å². The molecule has 1 atom stereocenters. The number of hydrogen-bond acceptors (Lipinski definition) is 3. The molecule has 1 aliphatic rings. The smallest absolute Gasteiger partial charge is 0.255 e. The van der Waals surface area contributed by atoms with Crippen LogP contribution in [0.4, 0.5) is 0 Å². The second-order valence-electron chi connectivity index (χ2n) is 7.56. The maximum atomic E-state index is 13.2. The summed E-state index contributed by atoms with van der Waals surface area (Å²) < 4.78 is 5.50. The number of benzene rings is 3. The minimum atomic E-state index is -0.0476. The Morgan fingerprint density at radius 3 is 2.53 bits per heavy atom. The van der Waals surface area contributed by atoms with Gasteiger partial charge in [0.05, 0.1) is 13.2 Å². The normalized spacial score (nSPS) is 15.4. The summed E-state index contributed by atoms with van der Waals surface area (Å²) in [6.07, 6.45) is 0.656. The summed E-state index contributed by atoms with van der Waals surface area (Å²) in [6, 6.07) is 28.1. The number of amides is 1. The Labute approximate surface area is 175 Å². The Morgan fingerprint density at radius 1 is 0.900 bits per heavy atom. The first-order valence-electron chi connectivity index (χ1n) is 10.1. The number of fused-ring (bicyclic) bond motifs is 2. The molecule has 1 aliphatic heterocycles. The van der Waals surface area contributed by atoms with Crippen LogP contribution in [0.5, 0.6) is 5.75 Å². The Bertz CT molecular complexity index is 1220. The third-order valence-corrected chi connectivity index (χ3v) is 5.75. The van der Waals surface area contributed by atoms with Gasteiger partial charge < -0.3 is 9.64 Å². The molecule has 1 amide bonds. The van der Waals surface area contributed by atoms with Gasteiger partial charge in [0.1, 0.15) is 11.3 Å². The summed E-state index contributed by atoms with van der Waals surface area (Å²) in [5, 5.41) is 1.04. The molecule has 0 bridgehead atoms. The van der Waals surface area contributed by atoms with Crippen LogP contribution >= 0.6 is 0 Å². The summed E-state index contributed by atoms with van der Waals surface area (Å²) >= 11 is 0. The van der Waals surface area contributed by atoms with E-state index in [9.17, 15) is 4.79 Å². The van der Waals surface area contributed by atoms with Gasteiger partial charge in [0, 0.05) is 29.6 Å². The van der Waals surface area contributed by atoms with Gasteiger partial charge in [0.25, 0.3) is 5.91 Å². The van der Waals surface area contributed by atoms with Gasteiger partial charge in [-0.15, -0.1) is 0 Å². The van der Waals surface area contributed by atoms with Crippen LogP contribution < -0.4 is 4.74 Å². The minimum absolute atomic E-state index is 0.0476. The van der Waals surface area contributed by atoms with Crippen molar-refractivity contribution in [3.8, 4) is 5.75 Å². The number of rotatable bonds is 5. The van der Waals surface area contributed by atoms with E-state index in [0.29, 0.717) is 13.0 Å². The number of hydrogen-bond donors (Lipinski definition) is 0. The average Bonchev–Trinajstić information content (AvgIpc) is 3.05. The van der Waals surface area contributed by atoms with Crippen molar-refractivity contribution >= 4 is 16.8 Å².